The van der Waals surface area contributed by atoms with Gasteiger partial charge in [-0.3, -0.25) is 14.5 Å². The molecule has 7 heteroatoms. The second-order valence-electron chi connectivity index (χ2n) is 9.91. The lowest BCUT2D eigenvalue weighted by Crippen LogP contribution is -2.61. The Morgan fingerprint density at radius 1 is 1.08 bits per heavy atom. The minimum atomic E-state index is -1.09. The number of hydrogen-bond donors (Lipinski definition) is 1. The molecule has 0 aliphatic carbocycles. The predicted molar refractivity (Wildman–Crippen MR) is 136 cm³/mol. The van der Waals surface area contributed by atoms with Crippen molar-refractivity contribution in [1.82, 2.24) is 10.2 Å². The van der Waals surface area contributed by atoms with Gasteiger partial charge in [0, 0.05) is 28.9 Å². The number of fused-ring (bicyclic) bond motifs is 6. The van der Waals surface area contributed by atoms with Crippen LogP contribution in [0.25, 0.3) is 10.8 Å². The molecule has 0 aromatic heterocycles. The Kier molecular flexibility index (Phi) is 5.16. The molecule has 6 rings (SSSR count). The Hall–Kier alpha value is -4.02. The molecule has 3 aliphatic rings. The monoisotopic (exact) mass is 478 g/mol. The maximum absolute atomic E-state index is 13.9. The van der Waals surface area contributed by atoms with Crippen LogP contribution in [0.5, 0.6) is 0 Å². The number of ketones is 1. The summed E-state index contributed by atoms with van der Waals surface area (Å²) in [6, 6.07) is 18.9. The lowest BCUT2D eigenvalue weighted by Gasteiger charge is -2.36. The average molecular weight is 479 g/mol. The van der Waals surface area contributed by atoms with Crippen LogP contribution in [0.2, 0.25) is 0 Å². The third-order valence-electron chi connectivity index (χ3n) is 7.93. The summed E-state index contributed by atoms with van der Waals surface area (Å²) in [5.41, 5.74) is 1.57. The topological polar surface area (TPSA) is 93.5 Å². The predicted octanol–water partition coefficient (Wildman–Crippen LogP) is 4.19. The first-order chi connectivity index (χ1) is 17.5. The number of piperazine rings is 1. The normalized spacial score (nSPS) is 24.4. The third kappa shape index (κ3) is 3.04. The molecule has 0 saturated carbocycles. The Labute approximate surface area is 209 Å². The molecule has 3 unspecified atom stereocenters. The Bertz CT molecular complexity index is 1460. The molecule has 0 radical (unpaired) electrons. The standard InChI is InChI=1S/C29H26N4O3/c1-2-3-6-18-9-11-19(12-10-18)26(34)29-15-23(31-17-29)25-27(35)32(28(36)33(25)29)24-14-13-20(16-30)21-7-4-5-8-22(21)24/h4-5,7-14,23,25,31H,2-3,6,15,17H2,1H3. The van der Waals surface area contributed by atoms with Crippen molar-refractivity contribution in [2.75, 3.05) is 11.4 Å². The number of carbonyl (C=O) groups is 3. The van der Waals surface area contributed by atoms with Gasteiger partial charge in [-0.15, -0.1) is 0 Å². The summed E-state index contributed by atoms with van der Waals surface area (Å²) in [6.07, 6.45) is 3.59. The number of carbonyl (C=O) groups excluding carboxylic acids is 3. The van der Waals surface area contributed by atoms with Crippen molar-refractivity contribution >= 4 is 34.2 Å². The summed E-state index contributed by atoms with van der Waals surface area (Å²) in [6.45, 7) is 2.47. The van der Waals surface area contributed by atoms with Gasteiger partial charge in [-0.1, -0.05) is 61.9 Å². The van der Waals surface area contributed by atoms with Crippen molar-refractivity contribution in [3.63, 3.8) is 0 Å². The van der Waals surface area contributed by atoms with E-state index in [2.05, 4.69) is 18.3 Å². The van der Waals surface area contributed by atoms with Crippen molar-refractivity contribution in [3.8, 4) is 6.07 Å². The van der Waals surface area contributed by atoms with Crippen LogP contribution >= 0.6 is 0 Å². The first kappa shape index (κ1) is 22.4. The van der Waals surface area contributed by atoms with Crippen LogP contribution in [-0.2, 0) is 11.2 Å². The quantitative estimate of drug-likeness (QED) is 0.424. The number of hydrogen-bond acceptors (Lipinski definition) is 5. The van der Waals surface area contributed by atoms with E-state index in [1.807, 2.05) is 48.5 Å². The molecule has 3 atom stereocenters. The molecule has 3 saturated heterocycles. The highest BCUT2D eigenvalue weighted by Gasteiger charge is 2.69. The fourth-order valence-corrected chi connectivity index (χ4v) is 6.13. The minimum Gasteiger partial charge on any atom is -0.308 e. The number of amides is 3. The van der Waals surface area contributed by atoms with Gasteiger partial charge in [0.1, 0.15) is 11.6 Å². The lowest BCUT2D eigenvalue weighted by molar-refractivity contribution is -0.120. The molecule has 180 valence electrons. The summed E-state index contributed by atoms with van der Waals surface area (Å²) >= 11 is 0. The number of aryl methyl sites for hydroxylation is 1. The van der Waals surface area contributed by atoms with Gasteiger partial charge in [0.2, 0.25) is 0 Å². The van der Waals surface area contributed by atoms with Crippen molar-refractivity contribution < 1.29 is 14.4 Å². The average Bonchev–Trinajstić information content (AvgIpc) is 3.57. The zero-order chi connectivity index (χ0) is 25.0. The van der Waals surface area contributed by atoms with Crippen LogP contribution in [0.15, 0.2) is 60.7 Å². The highest BCUT2D eigenvalue weighted by molar-refractivity contribution is 6.27. The van der Waals surface area contributed by atoms with Crippen molar-refractivity contribution in [3.05, 3.63) is 77.4 Å². The van der Waals surface area contributed by atoms with E-state index >= 15 is 0 Å². The number of nitriles is 1. The minimum absolute atomic E-state index is 0.130. The number of unbranched alkanes of at least 4 members (excludes halogenated alkanes) is 1. The fraction of sp³-hybridized carbons (Fsp3) is 0.310. The molecule has 2 bridgehead atoms. The highest BCUT2D eigenvalue weighted by atomic mass is 16.2. The Morgan fingerprint density at radius 2 is 1.83 bits per heavy atom. The van der Waals surface area contributed by atoms with Crippen LogP contribution < -0.4 is 10.2 Å². The fourth-order valence-electron chi connectivity index (χ4n) is 6.13. The molecular formula is C29H26N4O3. The second kappa shape index (κ2) is 8.28. The summed E-state index contributed by atoms with van der Waals surface area (Å²) in [5.74, 6) is -0.466. The van der Waals surface area contributed by atoms with Crippen molar-refractivity contribution in [1.29, 1.82) is 5.26 Å². The maximum Gasteiger partial charge on any atom is 0.333 e. The largest absolute Gasteiger partial charge is 0.333 e. The van der Waals surface area contributed by atoms with E-state index in [1.54, 1.807) is 12.1 Å². The maximum atomic E-state index is 13.9. The number of imide groups is 1. The Morgan fingerprint density at radius 3 is 2.56 bits per heavy atom. The number of nitrogens with one attached hydrogen (secondary N) is 1. The summed E-state index contributed by atoms with van der Waals surface area (Å²) in [5, 5.41) is 14.2. The first-order valence-corrected chi connectivity index (χ1v) is 12.5. The third-order valence-corrected chi connectivity index (χ3v) is 7.93. The van der Waals surface area contributed by atoms with Gasteiger partial charge in [0.05, 0.1) is 17.3 Å². The number of Topliss-reactive ketones (excluding diaryl/α,β-unsaturated/α-hetero) is 1. The van der Waals surface area contributed by atoms with E-state index in [9.17, 15) is 19.6 Å². The van der Waals surface area contributed by atoms with Crippen LogP contribution in [0.1, 0.15) is 47.7 Å². The molecule has 3 fully saturated rings. The number of rotatable bonds is 6. The molecule has 7 nitrogen and oxygen atoms in total. The summed E-state index contributed by atoms with van der Waals surface area (Å²) in [4.78, 5) is 44.2. The molecule has 3 amide bonds. The van der Waals surface area contributed by atoms with E-state index in [-0.39, 0.29) is 17.7 Å². The van der Waals surface area contributed by atoms with Crippen molar-refractivity contribution in [2.24, 2.45) is 0 Å². The van der Waals surface area contributed by atoms with Gasteiger partial charge in [0.15, 0.2) is 5.78 Å². The van der Waals surface area contributed by atoms with E-state index in [0.29, 0.717) is 40.6 Å². The SMILES string of the molecule is CCCCc1ccc(C(=O)C23CNC(C2)C2C(=O)N(c4ccc(C#N)c5ccccc45)C(=O)N23)cc1. The molecule has 3 aromatic carbocycles. The lowest BCUT2D eigenvalue weighted by atomic mass is 9.87. The number of urea groups is 1. The van der Waals surface area contributed by atoms with Crippen molar-refractivity contribution in [2.45, 2.75) is 50.2 Å². The summed E-state index contributed by atoms with van der Waals surface area (Å²) in [7, 11) is 0. The van der Waals surface area contributed by atoms with Gasteiger partial charge < -0.3 is 5.32 Å². The Balaban J connectivity index is 1.38. The van der Waals surface area contributed by atoms with Crippen LogP contribution in [-0.4, -0.2) is 46.8 Å². The van der Waals surface area contributed by atoms with E-state index in [4.69, 9.17) is 0 Å². The molecule has 3 heterocycles. The van der Waals surface area contributed by atoms with E-state index in [1.165, 1.54) is 15.4 Å². The molecule has 3 aromatic rings. The van der Waals surface area contributed by atoms with Crippen LogP contribution in [0, 0.1) is 11.3 Å². The van der Waals surface area contributed by atoms with Gasteiger partial charge >= 0.3 is 6.03 Å². The molecule has 1 N–H and O–H groups in total. The zero-order valence-electron chi connectivity index (χ0n) is 20.0. The van der Waals surface area contributed by atoms with E-state index in [0.717, 1.165) is 19.3 Å². The zero-order valence-corrected chi connectivity index (χ0v) is 20.0. The smallest absolute Gasteiger partial charge is 0.308 e. The van der Waals surface area contributed by atoms with Gasteiger partial charge in [0.25, 0.3) is 5.91 Å². The second-order valence-corrected chi connectivity index (χ2v) is 9.91. The van der Waals surface area contributed by atoms with Gasteiger partial charge in [-0.25, -0.2) is 9.69 Å². The van der Waals surface area contributed by atoms with E-state index < -0.39 is 17.6 Å². The molecular weight excluding hydrogens is 452 g/mol. The molecule has 36 heavy (non-hydrogen) atoms. The van der Waals surface area contributed by atoms with Gasteiger partial charge in [-0.05, 0) is 37.0 Å². The summed E-state index contributed by atoms with van der Waals surface area (Å²) < 4.78 is 0. The first-order valence-electron chi connectivity index (χ1n) is 12.5. The number of nitrogens with zero attached hydrogens (tertiary/aromatic N) is 3. The number of anilines is 1. The number of benzene rings is 3. The van der Waals surface area contributed by atoms with Crippen LogP contribution in [0.3, 0.4) is 0 Å². The highest BCUT2D eigenvalue weighted by Crippen LogP contribution is 2.47. The molecule has 3 aliphatic heterocycles. The van der Waals surface area contributed by atoms with Gasteiger partial charge in [-0.2, -0.15) is 5.26 Å². The van der Waals surface area contributed by atoms with Crippen LogP contribution in [0.4, 0.5) is 10.5 Å². The molecule has 0 spiro atoms.